The highest BCUT2D eigenvalue weighted by Crippen LogP contribution is 2.28. The molecule has 3 amide bonds. The van der Waals surface area contributed by atoms with Crippen LogP contribution in [-0.4, -0.2) is 29.4 Å². The van der Waals surface area contributed by atoms with Crippen molar-refractivity contribution in [3.63, 3.8) is 0 Å². The lowest BCUT2D eigenvalue weighted by atomic mass is 10.1. The topological polar surface area (TPSA) is 87.7 Å². The number of hydrogen-bond donors (Lipinski definition) is 2. The summed E-state index contributed by atoms with van der Waals surface area (Å²) in [5.41, 5.74) is 3.56. The number of carbonyl (C=O) groups excluding carboxylic acids is 3. The van der Waals surface area contributed by atoms with Gasteiger partial charge in [0.25, 0.3) is 17.7 Å². The van der Waals surface area contributed by atoms with Gasteiger partial charge in [-0.2, -0.15) is 0 Å². The summed E-state index contributed by atoms with van der Waals surface area (Å²) < 4.78 is 5.73. The van der Waals surface area contributed by atoms with Gasteiger partial charge in [-0.15, -0.1) is 0 Å². The molecule has 1 aliphatic heterocycles. The summed E-state index contributed by atoms with van der Waals surface area (Å²) in [6.07, 6.45) is 1.37. The molecule has 0 aromatic heterocycles. The van der Waals surface area contributed by atoms with Gasteiger partial charge >= 0.3 is 0 Å². The summed E-state index contributed by atoms with van der Waals surface area (Å²) in [6.45, 7) is 3.67. The number of hydrogen-bond acceptors (Lipinski definition) is 5. The Morgan fingerprint density at radius 2 is 1.81 bits per heavy atom. The molecule has 0 saturated carbocycles. The predicted molar refractivity (Wildman–Crippen MR) is 144 cm³/mol. The first-order chi connectivity index (χ1) is 17.2. The maximum atomic E-state index is 13.2. The van der Waals surface area contributed by atoms with Crippen LogP contribution in [0.15, 0.2) is 72.3 Å². The molecule has 0 atom stereocenters. The Hall–Kier alpha value is -4.01. The molecule has 3 aromatic carbocycles. The number of carbonyl (C=O) groups is 3. The highest BCUT2D eigenvalue weighted by molar-refractivity contribution is 7.80. The number of ether oxygens (including phenoxy) is 1. The first-order valence-corrected chi connectivity index (χ1v) is 11.8. The second-order valence-corrected chi connectivity index (χ2v) is 8.93. The molecule has 1 fully saturated rings. The van der Waals surface area contributed by atoms with Gasteiger partial charge in [0.05, 0.1) is 5.69 Å². The van der Waals surface area contributed by atoms with Crippen LogP contribution < -0.4 is 20.3 Å². The number of thiocarbonyl (C=S) groups is 1. The van der Waals surface area contributed by atoms with Crippen LogP contribution in [0, 0.1) is 13.8 Å². The molecule has 0 aliphatic carbocycles. The second kappa shape index (κ2) is 10.7. The molecule has 0 radical (unpaired) electrons. The van der Waals surface area contributed by atoms with Crippen molar-refractivity contribution in [2.24, 2.45) is 0 Å². The maximum Gasteiger partial charge on any atom is 0.270 e. The van der Waals surface area contributed by atoms with Crippen molar-refractivity contribution in [3.05, 3.63) is 94.0 Å². The van der Waals surface area contributed by atoms with Crippen molar-refractivity contribution >= 4 is 64.1 Å². The minimum Gasteiger partial charge on any atom is -0.483 e. The third kappa shape index (κ3) is 5.62. The average molecular weight is 520 g/mol. The largest absolute Gasteiger partial charge is 0.483 e. The summed E-state index contributed by atoms with van der Waals surface area (Å²) >= 11 is 11.4. The number of amides is 3. The van der Waals surface area contributed by atoms with Crippen molar-refractivity contribution in [3.8, 4) is 5.75 Å². The number of anilines is 2. The van der Waals surface area contributed by atoms with E-state index in [4.69, 9.17) is 28.6 Å². The van der Waals surface area contributed by atoms with Crippen molar-refractivity contribution in [2.45, 2.75) is 13.8 Å². The molecule has 36 heavy (non-hydrogen) atoms. The Morgan fingerprint density at radius 3 is 2.53 bits per heavy atom. The average Bonchev–Trinajstić information content (AvgIpc) is 2.84. The molecule has 1 aliphatic rings. The van der Waals surface area contributed by atoms with Gasteiger partial charge in [0, 0.05) is 16.3 Å². The lowest BCUT2D eigenvalue weighted by Gasteiger charge is -2.29. The summed E-state index contributed by atoms with van der Waals surface area (Å²) in [7, 11) is 0. The number of nitrogens with one attached hydrogen (secondary N) is 2. The summed E-state index contributed by atoms with van der Waals surface area (Å²) in [5, 5.41) is 5.68. The molecule has 7 nitrogen and oxygen atoms in total. The van der Waals surface area contributed by atoms with Crippen molar-refractivity contribution in [1.29, 1.82) is 0 Å². The van der Waals surface area contributed by atoms with Crippen molar-refractivity contribution in [1.82, 2.24) is 5.32 Å². The highest BCUT2D eigenvalue weighted by Gasteiger charge is 2.34. The summed E-state index contributed by atoms with van der Waals surface area (Å²) in [5.74, 6) is -1.31. The Morgan fingerprint density at radius 1 is 1.06 bits per heavy atom. The molecule has 3 aromatic rings. The number of nitrogens with zero attached hydrogens (tertiary/aromatic N) is 1. The van der Waals surface area contributed by atoms with Crippen LogP contribution in [0.5, 0.6) is 5.75 Å². The van der Waals surface area contributed by atoms with Crippen LogP contribution in [0.25, 0.3) is 6.08 Å². The third-order valence-electron chi connectivity index (χ3n) is 5.54. The molecule has 1 saturated heterocycles. The van der Waals surface area contributed by atoms with Crippen LogP contribution in [0.3, 0.4) is 0 Å². The normalized spacial score (nSPS) is 14.6. The van der Waals surface area contributed by atoms with E-state index in [9.17, 15) is 14.4 Å². The number of benzene rings is 3. The predicted octanol–water partition coefficient (Wildman–Crippen LogP) is 4.81. The number of aryl methyl sites for hydroxylation is 2. The molecular weight excluding hydrogens is 498 g/mol. The molecule has 9 heteroatoms. The van der Waals surface area contributed by atoms with Gasteiger partial charge in [0.15, 0.2) is 11.7 Å². The minimum absolute atomic E-state index is 0.0149. The Bertz CT molecular complexity index is 1410. The Labute approximate surface area is 218 Å². The van der Waals surface area contributed by atoms with Gasteiger partial charge < -0.3 is 10.1 Å². The Balaban J connectivity index is 1.56. The van der Waals surface area contributed by atoms with Gasteiger partial charge in [0.1, 0.15) is 11.3 Å². The monoisotopic (exact) mass is 519 g/mol. The van der Waals surface area contributed by atoms with Crippen LogP contribution in [0.2, 0.25) is 5.02 Å². The molecule has 182 valence electrons. The standard InChI is InChI=1S/C27H22ClN3O4S/c1-16-8-10-20(12-17(16)2)29-24(32)15-35-23-11-9-19(28)13-18(23)14-22-25(33)30-27(36)31(26(22)34)21-6-4-3-5-7-21/h3-14H,15H2,1-2H3,(H,29,32)(H,30,33,36)/b22-14-. The highest BCUT2D eigenvalue weighted by atomic mass is 35.5. The van der Waals surface area contributed by atoms with E-state index >= 15 is 0 Å². The lowest BCUT2D eigenvalue weighted by molar-refractivity contribution is -0.122. The zero-order valence-corrected chi connectivity index (χ0v) is 21.1. The fraction of sp³-hybridized carbons (Fsp3) is 0.111. The molecule has 2 N–H and O–H groups in total. The van der Waals surface area contributed by atoms with E-state index in [1.54, 1.807) is 42.5 Å². The lowest BCUT2D eigenvalue weighted by Crippen LogP contribution is -2.54. The zero-order chi connectivity index (χ0) is 25.8. The first-order valence-electron chi connectivity index (χ1n) is 11.0. The van der Waals surface area contributed by atoms with Crippen molar-refractivity contribution < 1.29 is 19.1 Å². The fourth-order valence-electron chi connectivity index (χ4n) is 3.55. The fourth-order valence-corrected chi connectivity index (χ4v) is 4.01. The van der Waals surface area contributed by atoms with Crippen LogP contribution in [0.4, 0.5) is 11.4 Å². The van der Waals surface area contributed by atoms with E-state index in [1.807, 2.05) is 38.1 Å². The van der Waals surface area contributed by atoms with Crippen molar-refractivity contribution in [2.75, 3.05) is 16.8 Å². The van der Waals surface area contributed by atoms with Gasteiger partial charge in [0.2, 0.25) is 0 Å². The quantitative estimate of drug-likeness (QED) is 0.277. The molecule has 0 bridgehead atoms. The molecule has 0 spiro atoms. The Kier molecular flexibility index (Phi) is 7.47. The SMILES string of the molecule is Cc1ccc(NC(=O)COc2ccc(Cl)cc2/C=C2/C(=O)NC(=S)N(c3ccccc3)C2=O)cc1C. The van der Waals surface area contributed by atoms with Crippen LogP contribution in [0.1, 0.15) is 16.7 Å². The van der Waals surface area contributed by atoms with E-state index in [-0.39, 0.29) is 28.9 Å². The smallest absolute Gasteiger partial charge is 0.270 e. The van der Waals surface area contributed by atoms with Crippen LogP contribution >= 0.6 is 23.8 Å². The van der Waals surface area contributed by atoms with Gasteiger partial charge in [-0.25, -0.2) is 0 Å². The summed E-state index contributed by atoms with van der Waals surface area (Å²) in [4.78, 5) is 39.6. The van der Waals surface area contributed by atoms with Gasteiger partial charge in [-0.3, -0.25) is 24.6 Å². The number of halogens is 1. The molecule has 1 heterocycles. The first kappa shape index (κ1) is 25.1. The number of para-hydroxylation sites is 1. The number of rotatable bonds is 6. The molecular formula is C27H22ClN3O4S. The molecule has 0 unspecified atom stereocenters. The van der Waals surface area contributed by atoms with Crippen LogP contribution in [-0.2, 0) is 14.4 Å². The van der Waals surface area contributed by atoms with E-state index in [0.29, 0.717) is 22.0 Å². The van der Waals surface area contributed by atoms with Gasteiger partial charge in [-0.05, 0) is 85.7 Å². The van der Waals surface area contributed by atoms with E-state index in [2.05, 4.69) is 10.6 Å². The minimum atomic E-state index is -0.643. The third-order valence-corrected chi connectivity index (χ3v) is 6.06. The van der Waals surface area contributed by atoms with E-state index < -0.39 is 11.8 Å². The molecule has 4 rings (SSSR count). The zero-order valence-electron chi connectivity index (χ0n) is 19.5. The van der Waals surface area contributed by atoms with E-state index in [0.717, 1.165) is 11.1 Å². The maximum absolute atomic E-state index is 13.2. The van der Waals surface area contributed by atoms with Gasteiger partial charge in [-0.1, -0.05) is 35.9 Å². The second-order valence-electron chi connectivity index (χ2n) is 8.11. The van der Waals surface area contributed by atoms with E-state index in [1.165, 1.54) is 11.0 Å². The summed E-state index contributed by atoms with van der Waals surface area (Å²) in [6, 6.07) is 19.1.